The smallest absolute Gasteiger partial charge is 0.340 e. The molecule has 0 atom stereocenters. The van der Waals surface area contributed by atoms with E-state index in [1.54, 1.807) is 24.3 Å². The molecule has 25 heavy (non-hydrogen) atoms. The fraction of sp³-hybridized carbons (Fsp3) is 0.176. The molecule has 0 saturated carbocycles. The standard InChI is InChI=1S/C17H14Cl2FNO4/c18-11-1-4-13(5-2-11)24-8-7-21-16(22)10-25-17(23)14-6-3-12(20)9-15(14)19/h1-6,9H,7-8,10H2,(H,21,22). The van der Waals surface area contributed by atoms with E-state index < -0.39 is 24.3 Å². The second-order valence-electron chi connectivity index (χ2n) is 4.85. The molecule has 0 radical (unpaired) electrons. The lowest BCUT2D eigenvalue weighted by atomic mass is 10.2. The molecule has 8 heteroatoms. The van der Waals surface area contributed by atoms with E-state index in [1.807, 2.05) is 0 Å². The molecular formula is C17H14Cl2FNO4. The molecule has 2 aromatic rings. The Hall–Kier alpha value is -2.31. The normalized spacial score (nSPS) is 10.2. The van der Waals surface area contributed by atoms with Gasteiger partial charge in [0.15, 0.2) is 6.61 Å². The molecule has 0 aliphatic rings. The summed E-state index contributed by atoms with van der Waals surface area (Å²) in [6.45, 7) is -0.00505. The number of benzene rings is 2. The van der Waals surface area contributed by atoms with Crippen molar-refractivity contribution in [1.82, 2.24) is 5.32 Å². The molecule has 0 bridgehead atoms. The quantitative estimate of drug-likeness (QED) is 0.585. The Labute approximate surface area is 153 Å². The molecule has 0 aliphatic carbocycles. The van der Waals surface area contributed by atoms with E-state index in [4.69, 9.17) is 32.7 Å². The zero-order valence-corrected chi connectivity index (χ0v) is 14.4. The lowest BCUT2D eigenvalue weighted by molar-refractivity contribution is -0.124. The van der Waals surface area contributed by atoms with Gasteiger partial charge in [0, 0.05) is 5.02 Å². The number of amides is 1. The van der Waals surface area contributed by atoms with Crippen molar-refractivity contribution in [2.75, 3.05) is 19.8 Å². The van der Waals surface area contributed by atoms with Crippen LogP contribution in [0.4, 0.5) is 4.39 Å². The molecule has 0 aromatic heterocycles. The van der Waals surface area contributed by atoms with Crippen LogP contribution in [0.15, 0.2) is 42.5 Å². The summed E-state index contributed by atoms with van der Waals surface area (Å²) in [6.07, 6.45) is 0. The van der Waals surface area contributed by atoms with Gasteiger partial charge in [0.1, 0.15) is 18.2 Å². The summed E-state index contributed by atoms with van der Waals surface area (Å²) >= 11 is 11.5. The fourth-order valence-electron chi connectivity index (χ4n) is 1.81. The monoisotopic (exact) mass is 385 g/mol. The third-order valence-corrected chi connectivity index (χ3v) is 3.56. The zero-order valence-electron chi connectivity index (χ0n) is 12.9. The topological polar surface area (TPSA) is 64.6 Å². The van der Waals surface area contributed by atoms with Crippen molar-refractivity contribution in [2.24, 2.45) is 0 Å². The van der Waals surface area contributed by atoms with Crippen LogP contribution in [0, 0.1) is 5.82 Å². The second-order valence-corrected chi connectivity index (χ2v) is 5.70. The highest BCUT2D eigenvalue weighted by atomic mass is 35.5. The van der Waals surface area contributed by atoms with Crippen LogP contribution in [-0.2, 0) is 9.53 Å². The Morgan fingerprint density at radius 2 is 1.80 bits per heavy atom. The minimum Gasteiger partial charge on any atom is -0.492 e. The number of esters is 1. The highest BCUT2D eigenvalue weighted by Crippen LogP contribution is 2.18. The van der Waals surface area contributed by atoms with Gasteiger partial charge in [0.2, 0.25) is 0 Å². The van der Waals surface area contributed by atoms with Crippen LogP contribution >= 0.6 is 23.2 Å². The van der Waals surface area contributed by atoms with E-state index in [2.05, 4.69) is 5.32 Å². The number of rotatable bonds is 7. The van der Waals surface area contributed by atoms with Crippen LogP contribution in [0.1, 0.15) is 10.4 Å². The van der Waals surface area contributed by atoms with Crippen molar-refractivity contribution in [3.8, 4) is 5.75 Å². The Balaban J connectivity index is 1.68. The number of carbonyl (C=O) groups excluding carboxylic acids is 2. The van der Waals surface area contributed by atoms with E-state index in [-0.39, 0.29) is 23.7 Å². The molecule has 0 unspecified atom stereocenters. The van der Waals surface area contributed by atoms with Crippen LogP contribution in [0.25, 0.3) is 0 Å². The van der Waals surface area contributed by atoms with Gasteiger partial charge in [0.05, 0.1) is 17.1 Å². The van der Waals surface area contributed by atoms with Crippen LogP contribution in [0.3, 0.4) is 0 Å². The molecule has 2 aromatic carbocycles. The van der Waals surface area contributed by atoms with Gasteiger partial charge in [-0.15, -0.1) is 0 Å². The first kappa shape index (κ1) is 19.0. The number of halogens is 3. The Kier molecular flexibility index (Phi) is 7.03. The average Bonchev–Trinajstić information content (AvgIpc) is 2.58. The molecule has 0 fully saturated rings. The maximum atomic E-state index is 12.9. The lowest BCUT2D eigenvalue weighted by Crippen LogP contribution is -2.32. The van der Waals surface area contributed by atoms with Crippen LogP contribution in [0.5, 0.6) is 5.75 Å². The third-order valence-electron chi connectivity index (χ3n) is 2.99. The molecule has 0 saturated heterocycles. The molecule has 132 valence electrons. The summed E-state index contributed by atoms with van der Waals surface area (Å²) in [7, 11) is 0. The molecular weight excluding hydrogens is 372 g/mol. The van der Waals surface area contributed by atoms with Gasteiger partial charge in [-0.1, -0.05) is 23.2 Å². The maximum absolute atomic E-state index is 12.9. The minimum atomic E-state index is -0.808. The van der Waals surface area contributed by atoms with Gasteiger partial charge in [-0.25, -0.2) is 9.18 Å². The fourth-order valence-corrected chi connectivity index (χ4v) is 2.18. The Morgan fingerprint density at radius 1 is 1.08 bits per heavy atom. The van der Waals surface area contributed by atoms with Crippen molar-refractivity contribution in [1.29, 1.82) is 0 Å². The van der Waals surface area contributed by atoms with E-state index in [0.717, 1.165) is 12.1 Å². The SMILES string of the molecule is O=C(COC(=O)c1ccc(F)cc1Cl)NCCOc1ccc(Cl)cc1. The largest absolute Gasteiger partial charge is 0.492 e. The minimum absolute atomic E-state index is 0.0121. The molecule has 1 amide bonds. The van der Waals surface area contributed by atoms with Gasteiger partial charge in [0.25, 0.3) is 5.91 Å². The summed E-state index contributed by atoms with van der Waals surface area (Å²) < 4.78 is 23.1. The number of hydrogen-bond donors (Lipinski definition) is 1. The average molecular weight is 386 g/mol. The van der Waals surface area contributed by atoms with Crippen molar-refractivity contribution < 1.29 is 23.5 Å². The van der Waals surface area contributed by atoms with Crippen molar-refractivity contribution in [3.05, 3.63) is 63.9 Å². The number of ether oxygens (including phenoxy) is 2. The first-order chi connectivity index (χ1) is 12.0. The van der Waals surface area contributed by atoms with Crippen LogP contribution in [0.2, 0.25) is 10.0 Å². The Morgan fingerprint density at radius 3 is 2.48 bits per heavy atom. The molecule has 0 spiro atoms. The maximum Gasteiger partial charge on any atom is 0.340 e. The number of hydrogen-bond acceptors (Lipinski definition) is 4. The predicted molar refractivity (Wildman–Crippen MR) is 91.6 cm³/mol. The Bertz CT molecular complexity index is 753. The summed E-state index contributed by atoms with van der Waals surface area (Å²) in [6, 6.07) is 10.1. The summed E-state index contributed by atoms with van der Waals surface area (Å²) in [4.78, 5) is 23.4. The van der Waals surface area contributed by atoms with E-state index in [0.29, 0.717) is 10.8 Å². The second kappa shape index (κ2) is 9.25. The number of carbonyl (C=O) groups is 2. The van der Waals surface area contributed by atoms with Gasteiger partial charge in [-0.2, -0.15) is 0 Å². The van der Waals surface area contributed by atoms with Gasteiger partial charge >= 0.3 is 5.97 Å². The zero-order chi connectivity index (χ0) is 18.2. The van der Waals surface area contributed by atoms with Crippen molar-refractivity contribution in [3.63, 3.8) is 0 Å². The van der Waals surface area contributed by atoms with Gasteiger partial charge in [-0.3, -0.25) is 4.79 Å². The first-order valence-corrected chi connectivity index (χ1v) is 7.98. The molecule has 0 aliphatic heterocycles. The van der Waals surface area contributed by atoms with E-state index in [9.17, 15) is 14.0 Å². The molecule has 2 rings (SSSR count). The summed E-state index contributed by atoms with van der Waals surface area (Å²) in [5.74, 6) is -1.25. The highest BCUT2D eigenvalue weighted by molar-refractivity contribution is 6.33. The first-order valence-electron chi connectivity index (χ1n) is 7.23. The molecule has 5 nitrogen and oxygen atoms in total. The lowest BCUT2D eigenvalue weighted by Gasteiger charge is -2.09. The van der Waals surface area contributed by atoms with Gasteiger partial charge < -0.3 is 14.8 Å². The summed E-state index contributed by atoms with van der Waals surface area (Å²) in [5, 5.41) is 3.05. The summed E-state index contributed by atoms with van der Waals surface area (Å²) in [5.41, 5.74) is -0.0121. The van der Waals surface area contributed by atoms with Crippen molar-refractivity contribution in [2.45, 2.75) is 0 Å². The van der Waals surface area contributed by atoms with Crippen LogP contribution < -0.4 is 10.1 Å². The van der Waals surface area contributed by atoms with Gasteiger partial charge in [-0.05, 0) is 42.5 Å². The van der Waals surface area contributed by atoms with E-state index in [1.165, 1.54) is 6.07 Å². The third kappa shape index (κ3) is 6.25. The molecule has 1 N–H and O–H groups in total. The number of nitrogens with one attached hydrogen (secondary N) is 1. The van der Waals surface area contributed by atoms with Crippen LogP contribution in [-0.4, -0.2) is 31.6 Å². The van der Waals surface area contributed by atoms with E-state index >= 15 is 0 Å². The predicted octanol–water partition coefficient (Wildman–Crippen LogP) is 3.48. The highest BCUT2D eigenvalue weighted by Gasteiger charge is 2.14. The molecule has 0 heterocycles. The van der Waals surface area contributed by atoms with Crippen molar-refractivity contribution >= 4 is 35.1 Å².